The van der Waals surface area contributed by atoms with Gasteiger partial charge in [-0.2, -0.15) is 0 Å². The fourth-order valence-corrected chi connectivity index (χ4v) is 1.86. The van der Waals surface area contributed by atoms with Crippen molar-refractivity contribution in [1.29, 1.82) is 0 Å². The van der Waals surface area contributed by atoms with Crippen LogP contribution in [0.25, 0.3) is 0 Å². The Morgan fingerprint density at radius 2 is 1.92 bits per heavy atom. The minimum atomic E-state index is -0.167. The van der Waals surface area contributed by atoms with E-state index in [9.17, 15) is 0 Å². The van der Waals surface area contributed by atoms with E-state index in [4.69, 9.17) is 5.11 Å². The number of aliphatic hydroxyl groups excluding tert-OH is 1. The molecule has 1 aliphatic carbocycles. The SMILES string of the molecule is CC(O)CCNC(C(C)C)C1CC1. The van der Waals surface area contributed by atoms with Crippen molar-refractivity contribution in [3.05, 3.63) is 0 Å². The van der Waals surface area contributed by atoms with Gasteiger partial charge in [-0.05, 0) is 44.6 Å². The summed E-state index contributed by atoms with van der Waals surface area (Å²) in [5, 5.41) is 12.7. The smallest absolute Gasteiger partial charge is 0.0524 e. The molecule has 0 aromatic heterocycles. The van der Waals surface area contributed by atoms with E-state index >= 15 is 0 Å². The van der Waals surface area contributed by atoms with Crippen LogP contribution in [0.1, 0.15) is 40.0 Å². The monoisotopic (exact) mass is 185 g/mol. The average molecular weight is 185 g/mol. The van der Waals surface area contributed by atoms with E-state index in [0.29, 0.717) is 6.04 Å². The highest BCUT2D eigenvalue weighted by Gasteiger charge is 2.32. The molecule has 0 aromatic carbocycles. The maximum atomic E-state index is 9.12. The molecule has 0 saturated heterocycles. The van der Waals surface area contributed by atoms with Crippen LogP contribution in [0.3, 0.4) is 0 Å². The first-order chi connectivity index (χ1) is 6.11. The van der Waals surface area contributed by atoms with E-state index in [1.165, 1.54) is 12.8 Å². The second kappa shape index (κ2) is 4.97. The van der Waals surface area contributed by atoms with E-state index in [-0.39, 0.29) is 6.10 Å². The lowest BCUT2D eigenvalue weighted by Crippen LogP contribution is -2.37. The number of rotatable bonds is 6. The highest BCUT2D eigenvalue weighted by Crippen LogP contribution is 2.35. The van der Waals surface area contributed by atoms with Crippen LogP contribution >= 0.6 is 0 Å². The number of nitrogens with one attached hydrogen (secondary N) is 1. The number of aliphatic hydroxyl groups is 1. The van der Waals surface area contributed by atoms with Crippen molar-refractivity contribution in [2.75, 3.05) is 6.54 Å². The van der Waals surface area contributed by atoms with Crippen LogP contribution in [0.5, 0.6) is 0 Å². The van der Waals surface area contributed by atoms with Crippen LogP contribution in [0.15, 0.2) is 0 Å². The summed E-state index contributed by atoms with van der Waals surface area (Å²) >= 11 is 0. The predicted octanol–water partition coefficient (Wildman–Crippen LogP) is 1.78. The molecule has 78 valence electrons. The number of hydrogen-bond donors (Lipinski definition) is 2. The molecular weight excluding hydrogens is 162 g/mol. The third-order valence-corrected chi connectivity index (χ3v) is 2.79. The zero-order chi connectivity index (χ0) is 9.84. The summed E-state index contributed by atoms with van der Waals surface area (Å²) in [6.45, 7) is 7.36. The second-order valence-electron chi connectivity index (χ2n) is 4.70. The molecule has 2 heteroatoms. The fourth-order valence-electron chi connectivity index (χ4n) is 1.86. The largest absolute Gasteiger partial charge is 0.393 e. The minimum absolute atomic E-state index is 0.167. The summed E-state index contributed by atoms with van der Waals surface area (Å²) in [5.74, 6) is 1.63. The van der Waals surface area contributed by atoms with Crippen molar-refractivity contribution in [2.24, 2.45) is 11.8 Å². The Morgan fingerprint density at radius 3 is 2.31 bits per heavy atom. The summed E-state index contributed by atoms with van der Waals surface area (Å²) < 4.78 is 0. The predicted molar refractivity (Wildman–Crippen MR) is 55.7 cm³/mol. The molecule has 1 saturated carbocycles. The molecule has 0 amide bonds. The summed E-state index contributed by atoms with van der Waals surface area (Å²) in [5.41, 5.74) is 0. The molecule has 2 N–H and O–H groups in total. The zero-order valence-electron chi connectivity index (χ0n) is 9.09. The van der Waals surface area contributed by atoms with Crippen LogP contribution in [0.4, 0.5) is 0 Å². The van der Waals surface area contributed by atoms with E-state index in [0.717, 1.165) is 24.8 Å². The van der Waals surface area contributed by atoms with Gasteiger partial charge in [0.05, 0.1) is 6.10 Å². The molecule has 1 aliphatic rings. The van der Waals surface area contributed by atoms with Crippen LogP contribution in [0, 0.1) is 11.8 Å². The van der Waals surface area contributed by atoms with E-state index in [2.05, 4.69) is 19.2 Å². The maximum Gasteiger partial charge on any atom is 0.0524 e. The fraction of sp³-hybridized carbons (Fsp3) is 1.00. The molecule has 0 aromatic rings. The zero-order valence-corrected chi connectivity index (χ0v) is 9.09. The normalized spacial score (nSPS) is 21.9. The van der Waals surface area contributed by atoms with Gasteiger partial charge in [0, 0.05) is 6.04 Å². The Balaban J connectivity index is 2.15. The highest BCUT2D eigenvalue weighted by atomic mass is 16.3. The second-order valence-corrected chi connectivity index (χ2v) is 4.70. The molecule has 2 atom stereocenters. The molecule has 2 nitrogen and oxygen atoms in total. The van der Waals surface area contributed by atoms with Gasteiger partial charge in [-0.15, -0.1) is 0 Å². The molecule has 2 unspecified atom stereocenters. The van der Waals surface area contributed by atoms with Crippen molar-refractivity contribution in [1.82, 2.24) is 5.32 Å². The van der Waals surface area contributed by atoms with E-state index in [1.54, 1.807) is 0 Å². The summed E-state index contributed by atoms with van der Waals surface area (Å²) in [6, 6.07) is 0.679. The van der Waals surface area contributed by atoms with Crippen LogP contribution < -0.4 is 5.32 Å². The van der Waals surface area contributed by atoms with Crippen molar-refractivity contribution in [3.8, 4) is 0 Å². The molecule has 1 rings (SSSR count). The third-order valence-electron chi connectivity index (χ3n) is 2.79. The minimum Gasteiger partial charge on any atom is -0.393 e. The first-order valence-electron chi connectivity index (χ1n) is 5.52. The van der Waals surface area contributed by atoms with Gasteiger partial charge in [-0.25, -0.2) is 0 Å². The van der Waals surface area contributed by atoms with E-state index in [1.807, 2.05) is 6.92 Å². The maximum absolute atomic E-state index is 9.12. The quantitative estimate of drug-likeness (QED) is 0.661. The van der Waals surface area contributed by atoms with Gasteiger partial charge in [0.1, 0.15) is 0 Å². The van der Waals surface area contributed by atoms with Gasteiger partial charge >= 0.3 is 0 Å². The van der Waals surface area contributed by atoms with Gasteiger partial charge in [-0.3, -0.25) is 0 Å². The molecule has 0 aliphatic heterocycles. The van der Waals surface area contributed by atoms with Gasteiger partial charge in [0.2, 0.25) is 0 Å². The first kappa shape index (κ1) is 11.0. The van der Waals surface area contributed by atoms with Gasteiger partial charge in [0.25, 0.3) is 0 Å². The lowest BCUT2D eigenvalue weighted by molar-refractivity contribution is 0.179. The third kappa shape index (κ3) is 4.10. The molecule has 0 heterocycles. The summed E-state index contributed by atoms with van der Waals surface area (Å²) in [7, 11) is 0. The average Bonchev–Trinajstić information content (AvgIpc) is 2.79. The first-order valence-corrected chi connectivity index (χ1v) is 5.52. The van der Waals surface area contributed by atoms with Crippen molar-refractivity contribution in [3.63, 3.8) is 0 Å². The Hall–Kier alpha value is -0.0800. The van der Waals surface area contributed by atoms with Gasteiger partial charge in [0.15, 0.2) is 0 Å². The molecular formula is C11H23NO. The van der Waals surface area contributed by atoms with Gasteiger partial charge < -0.3 is 10.4 Å². The molecule has 0 bridgehead atoms. The van der Waals surface area contributed by atoms with Crippen molar-refractivity contribution in [2.45, 2.75) is 52.2 Å². The molecule has 0 spiro atoms. The topological polar surface area (TPSA) is 32.3 Å². The Labute approximate surface area is 81.7 Å². The van der Waals surface area contributed by atoms with Crippen LogP contribution in [0.2, 0.25) is 0 Å². The Bertz CT molecular complexity index is 139. The molecule has 1 fully saturated rings. The summed E-state index contributed by atoms with van der Waals surface area (Å²) in [4.78, 5) is 0. The van der Waals surface area contributed by atoms with Crippen molar-refractivity contribution < 1.29 is 5.11 Å². The Morgan fingerprint density at radius 1 is 1.31 bits per heavy atom. The van der Waals surface area contributed by atoms with Crippen LogP contribution in [-0.2, 0) is 0 Å². The highest BCUT2D eigenvalue weighted by molar-refractivity contribution is 4.88. The van der Waals surface area contributed by atoms with Crippen molar-refractivity contribution >= 4 is 0 Å². The van der Waals surface area contributed by atoms with E-state index < -0.39 is 0 Å². The standard InChI is InChI=1S/C11H23NO/c1-8(2)11(10-4-5-10)12-7-6-9(3)13/h8-13H,4-7H2,1-3H3. The molecule has 13 heavy (non-hydrogen) atoms. The number of hydrogen-bond acceptors (Lipinski definition) is 2. The Kier molecular flexibility index (Phi) is 4.20. The lowest BCUT2D eigenvalue weighted by Gasteiger charge is -2.22. The molecule has 0 radical (unpaired) electrons. The lowest BCUT2D eigenvalue weighted by atomic mass is 9.99. The summed E-state index contributed by atoms with van der Waals surface area (Å²) in [6.07, 6.45) is 3.49. The van der Waals surface area contributed by atoms with Crippen LogP contribution in [-0.4, -0.2) is 23.8 Å². The van der Waals surface area contributed by atoms with Gasteiger partial charge in [-0.1, -0.05) is 13.8 Å².